The number of carbonyl (C=O) groups excluding carboxylic acids is 2. The molecule has 2 amide bonds. The number of thioether (sulfide) groups is 1. The Bertz CT molecular complexity index is 1240. The molecule has 0 saturated carbocycles. The molecule has 3 aromatic carbocycles. The number of nitrogens with one attached hydrogen (secondary N) is 2. The molecule has 0 unspecified atom stereocenters. The highest BCUT2D eigenvalue weighted by molar-refractivity contribution is 9.11. The summed E-state index contributed by atoms with van der Waals surface area (Å²) in [6.07, 6.45) is 3.41. The molecular formula is C25H23Br2N3O4S. The molecule has 182 valence electrons. The maximum Gasteiger partial charge on any atom is 0.412 e. The van der Waals surface area contributed by atoms with E-state index >= 15 is 0 Å². The van der Waals surface area contributed by atoms with Gasteiger partial charge in [-0.1, -0.05) is 34.1 Å². The molecule has 0 heterocycles. The number of halogens is 2. The van der Waals surface area contributed by atoms with Crippen LogP contribution in [0, 0.1) is 0 Å². The van der Waals surface area contributed by atoms with Gasteiger partial charge >= 0.3 is 6.09 Å². The number of amides is 2. The first kappa shape index (κ1) is 26.7. The zero-order chi connectivity index (χ0) is 25.4. The van der Waals surface area contributed by atoms with E-state index in [0.717, 1.165) is 4.90 Å². The zero-order valence-electron chi connectivity index (χ0n) is 18.6. The van der Waals surface area contributed by atoms with Crippen molar-refractivity contribution in [1.29, 1.82) is 0 Å². The molecule has 0 bridgehead atoms. The lowest BCUT2D eigenvalue weighted by Crippen LogP contribution is -2.18. The van der Waals surface area contributed by atoms with Crippen LogP contribution in [-0.4, -0.2) is 23.4 Å². The molecule has 1 atom stereocenters. The molecule has 7 nitrogen and oxygen atoms in total. The van der Waals surface area contributed by atoms with Crippen LogP contribution in [0.1, 0.15) is 18.1 Å². The third-order valence-electron chi connectivity index (χ3n) is 4.83. The number of nitrogens with two attached hydrogens (primary N) is 1. The number of anilines is 3. The molecule has 0 fully saturated rings. The van der Waals surface area contributed by atoms with Gasteiger partial charge in [-0.25, -0.2) is 4.79 Å². The maximum atomic E-state index is 12.6. The Morgan fingerprint density at radius 2 is 1.83 bits per heavy atom. The van der Waals surface area contributed by atoms with Crippen LogP contribution in [-0.2, 0) is 9.53 Å². The summed E-state index contributed by atoms with van der Waals surface area (Å²) in [5, 5.41) is 16.0. The van der Waals surface area contributed by atoms with Crippen LogP contribution < -0.4 is 16.4 Å². The lowest BCUT2D eigenvalue weighted by Gasteiger charge is -2.19. The standard InChI is InChI=1S/C25H23Br2N3O4S/c1-35-17-11-9-16(10-12-17)29-25(33)34-22(18-13-15(26)14-19(27)24(18)32)7-4-8-23(31)30-21-6-3-2-5-20(21)28/h2-6,8-14,22,32H,7,28H2,1H3,(H,29,33)(H,30,31)/b8-4+/t22-/m0/s1. The van der Waals surface area contributed by atoms with Gasteiger partial charge < -0.3 is 20.9 Å². The minimum atomic E-state index is -0.875. The van der Waals surface area contributed by atoms with Crippen LogP contribution in [0.2, 0.25) is 0 Å². The largest absolute Gasteiger partial charge is 0.506 e. The quantitative estimate of drug-likeness (QED) is 0.121. The molecule has 10 heteroatoms. The van der Waals surface area contributed by atoms with Gasteiger partial charge in [0.05, 0.1) is 15.8 Å². The Morgan fingerprint density at radius 1 is 1.11 bits per heavy atom. The number of para-hydroxylation sites is 2. The van der Waals surface area contributed by atoms with Crippen molar-refractivity contribution in [2.45, 2.75) is 17.4 Å². The Hall–Kier alpha value is -2.95. The van der Waals surface area contributed by atoms with Crippen molar-refractivity contribution in [3.05, 3.63) is 87.3 Å². The number of benzene rings is 3. The SMILES string of the molecule is CSc1ccc(NC(=O)O[C@@H](C/C=C/C(=O)Nc2ccccc2N)c2cc(Br)cc(Br)c2O)cc1. The van der Waals surface area contributed by atoms with Crippen molar-refractivity contribution < 1.29 is 19.4 Å². The minimum absolute atomic E-state index is 0.0646. The molecule has 3 aromatic rings. The topological polar surface area (TPSA) is 114 Å². The van der Waals surface area contributed by atoms with E-state index in [0.29, 0.717) is 31.6 Å². The summed E-state index contributed by atoms with van der Waals surface area (Å²) in [5.41, 5.74) is 7.74. The number of ether oxygens (including phenoxy) is 1. The van der Waals surface area contributed by atoms with E-state index in [9.17, 15) is 14.7 Å². The first-order valence-corrected chi connectivity index (χ1v) is 13.2. The maximum absolute atomic E-state index is 12.6. The van der Waals surface area contributed by atoms with E-state index in [-0.39, 0.29) is 18.1 Å². The molecule has 0 spiro atoms. The van der Waals surface area contributed by atoms with Crippen molar-refractivity contribution >= 4 is 72.7 Å². The first-order valence-electron chi connectivity index (χ1n) is 10.4. The number of phenols is 1. The second-order valence-electron chi connectivity index (χ2n) is 7.29. The average Bonchev–Trinajstić information content (AvgIpc) is 2.82. The normalized spacial score (nSPS) is 11.7. The highest BCUT2D eigenvalue weighted by Gasteiger charge is 2.22. The molecule has 0 saturated heterocycles. The van der Waals surface area contributed by atoms with Gasteiger partial charge in [0.25, 0.3) is 0 Å². The Kier molecular flexibility index (Phi) is 9.64. The van der Waals surface area contributed by atoms with Crippen molar-refractivity contribution in [2.75, 3.05) is 22.6 Å². The lowest BCUT2D eigenvalue weighted by atomic mass is 10.0. The average molecular weight is 621 g/mol. The van der Waals surface area contributed by atoms with E-state index in [4.69, 9.17) is 10.5 Å². The first-order chi connectivity index (χ1) is 16.8. The zero-order valence-corrected chi connectivity index (χ0v) is 22.6. The minimum Gasteiger partial charge on any atom is -0.506 e. The van der Waals surface area contributed by atoms with Crippen molar-refractivity contribution in [1.82, 2.24) is 0 Å². The second kappa shape index (κ2) is 12.7. The molecular weight excluding hydrogens is 598 g/mol. The summed E-state index contributed by atoms with van der Waals surface area (Å²) in [6, 6.07) is 17.6. The molecule has 0 radical (unpaired) electrons. The number of hydrogen-bond acceptors (Lipinski definition) is 6. The molecule has 0 aliphatic carbocycles. The van der Waals surface area contributed by atoms with Gasteiger partial charge in [-0.2, -0.15) is 0 Å². The number of phenolic OH excluding ortho intramolecular Hbond substituents is 1. The third kappa shape index (κ3) is 7.78. The Balaban J connectivity index is 1.75. The van der Waals surface area contributed by atoms with Gasteiger partial charge in [0.2, 0.25) is 5.91 Å². The van der Waals surface area contributed by atoms with Crippen LogP contribution in [0.4, 0.5) is 21.9 Å². The fraction of sp³-hybridized carbons (Fsp3) is 0.120. The number of aromatic hydroxyl groups is 1. The smallest absolute Gasteiger partial charge is 0.412 e. The number of hydrogen-bond donors (Lipinski definition) is 4. The summed E-state index contributed by atoms with van der Waals surface area (Å²) in [5.74, 6) is -0.454. The molecule has 5 N–H and O–H groups in total. The number of rotatable bonds is 8. The highest BCUT2D eigenvalue weighted by Crippen LogP contribution is 2.38. The van der Waals surface area contributed by atoms with Crippen LogP contribution in [0.15, 0.2) is 86.7 Å². The molecule has 0 aliphatic rings. The van der Waals surface area contributed by atoms with E-state index in [1.165, 1.54) is 6.08 Å². The summed E-state index contributed by atoms with van der Waals surface area (Å²) in [7, 11) is 0. The van der Waals surface area contributed by atoms with Crippen LogP contribution in [0.3, 0.4) is 0 Å². The van der Waals surface area contributed by atoms with E-state index in [1.54, 1.807) is 66.4 Å². The summed E-state index contributed by atoms with van der Waals surface area (Å²) in [6.45, 7) is 0. The number of carbonyl (C=O) groups is 2. The molecule has 0 aromatic heterocycles. The Labute approximate surface area is 224 Å². The third-order valence-corrected chi connectivity index (χ3v) is 6.63. The van der Waals surface area contributed by atoms with Gasteiger partial charge in [0.1, 0.15) is 11.9 Å². The molecule has 0 aliphatic heterocycles. The monoisotopic (exact) mass is 619 g/mol. The van der Waals surface area contributed by atoms with Gasteiger partial charge in [-0.05, 0) is 76.8 Å². The second-order valence-corrected chi connectivity index (χ2v) is 9.94. The van der Waals surface area contributed by atoms with Gasteiger partial charge in [-0.3, -0.25) is 10.1 Å². The predicted molar refractivity (Wildman–Crippen MR) is 148 cm³/mol. The van der Waals surface area contributed by atoms with Crippen molar-refractivity contribution in [3.63, 3.8) is 0 Å². The summed E-state index contributed by atoms with van der Waals surface area (Å²) in [4.78, 5) is 26.0. The predicted octanol–water partition coefficient (Wildman–Crippen LogP) is 7.10. The van der Waals surface area contributed by atoms with Gasteiger partial charge in [0.15, 0.2) is 0 Å². The fourth-order valence-electron chi connectivity index (χ4n) is 3.10. The fourth-order valence-corrected chi connectivity index (χ4v) is 4.77. The van der Waals surface area contributed by atoms with Gasteiger partial charge in [-0.15, -0.1) is 11.8 Å². The van der Waals surface area contributed by atoms with Crippen LogP contribution >= 0.6 is 43.6 Å². The molecule has 35 heavy (non-hydrogen) atoms. The van der Waals surface area contributed by atoms with E-state index in [2.05, 4.69) is 42.5 Å². The summed E-state index contributed by atoms with van der Waals surface area (Å²) >= 11 is 8.29. The lowest BCUT2D eigenvalue weighted by molar-refractivity contribution is -0.111. The van der Waals surface area contributed by atoms with Crippen LogP contribution in [0.25, 0.3) is 0 Å². The van der Waals surface area contributed by atoms with E-state index < -0.39 is 12.2 Å². The van der Waals surface area contributed by atoms with E-state index in [1.807, 2.05) is 18.4 Å². The van der Waals surface area contributed by atoms with Crippen LogP contribution in [0.5, 0.6) is 5.75 Å². The number of nitrogen functional groups attached to an aromatic ring is 1. The summed E-state index contributed by atoms with van der Waals surface area (Å²) < 4.78 is 6.76. The van der Waals surface area contributed by atoms with Crippen molar-refractivity contribution in [2.24, 2.45) is 0 Å². The van der Waals surface area contributed by atoms with Gasteiger partial charge in [0, 0.05) is 27.0 Å². The van der Waals surface area contributed by atoms with Crippen molar-refractivity contribution in [3.8, 4) is 5.75 Å². The Morgan fingerprint density at radius 3 is 2.51 bits per heavy atom. The molecule has 3 rings (SSSR count). The highest BCUT2D eigenvalue weighted by atomic mass is 79.9.